The summed E-state index contributed by atoms with van der Waals surface area (Å²) in [5.74, 6) is -0.893. The number of nitrogens with zero attached hydrogens (tertiary/aromatic N) is 1. The Hall–Kier alpha value is -1.50. The molecular weight excluding hydrogens is 263 g/mol. The van der Waals surface area contributed by atoms with Crippen LogP contribution in [-0.2, 0) is 14.3 Å². The molecule has 0 bridgehead atoms. The van der Waals surface area contributed by atoms with Crippen molar-refractivity contribution in [1.82, 2.24) is 4.90 Å². The summed E-state index contributed by atoms with van der Waals surface area (Å²) < 4.78 is 24.0. The molecule has 0 spiro atoms. The van der Waals surface area contributed by atoms with Crippen LogP contribution in [0.3, 0.4) is 0 Å². The van der Waals surface area contributed by atoms with Crippen molar-refractivity contribution in [2.75, 3.05) is 26.8 Å². The third-order valence-corrected chi connectivity index (χ3v) is 3.28. The van der Waals surface area contributed by atoms with Crippen molar-refractivity contribution >= 4 is 5.91 Å². The van der Waals surface area contributed by atoms with E-state index >= 15 is 0 Å². The third-order valence-electron chi connectivity index (χ3n) is 3.28. The Kier molecular flexibility index (Phi) is 5.05. The standard InChI is InChI=1S/C14H19FN2O3/c1-17(6-5-12-19-7-8-20-12)13(14(16)18)10-3-2-4-11(15)9-10/h2-4,9,12-13H,5-8H2,1H3,(H2,16,18)/t13-/m1/s1. The molecule has 110 valence electrons. The van der Waals surface area contributed by atoms with Crippen molar-refractivity contribution in [3.8, 4) is 0 Å². The summed E-state index contributed by atoms with van der Waals surface area (Å²) in [5.41, 5.74) is 5.99. The molecule has 6 heteroatoms. The first-order valence-electron chi connectivity index (χ1n) is 6.56. The van der Waals surface area contributed by atoms with Crippen molar-refractivity contribution in [1.29, 1.82) is 0 Å². The summed E-state index contributed by atoms with van der Waals surface area (Å²) in [4.78, 5) is 13.4. The summed E-state index contributed by atoms with van der Waals surface area (Å²) in [6.45, 7) is 1.75. The number of ether oxygens (including phenoxy) is 2. The third kappa shape index (κ3) is 3.75. The van der Waals surface area contributed by atoms with Crippen LogP contribution in [0.5, 0.6) is 0 Å². The second kappa shape index (κ2) is 6.78. The molecule has 0 saturated carbocycles. The molecule has 1 aliphatic heterocycles. The highest BCUT2D eigenvalue weighted by Crippen LogP contribution is 2.21. The number of carbonyl (C=O) groups excluding carboxylic acids is 1. The van der Waals surface area contributed by atoms with E-state index in [0.29, 0.717) is 31.7 Å². The van der Waals surface area contributed by atoms with Crippen molar-refractivity contribution < 1.29 is 18.7 Å². The van der Waals surface area contributed by atoms with Crippen LogP contribution in [0.25, 0.3) is 0 Å². The van der Waals surface area contributed by atoms with Gasteiger partial charge < -0.3 is 15.2 Å². The molecule has 0 unspecified atom stereocenters. The van der Waals surface area contributed by atoms with E-state index in [-0.39, 0.29) is 12.1 Å². The number of carbonyl (C=O) groups is 1. The van der Waals surface area contributed by atoms with Crippen LogP contribution in [0.4, 0.5) is 4.39 Å². The van der Waals surface area contributed by atoms with Crippen molar-refractivity contribution in [2.24, 2.45) is 5.73 Å². The molecular formula is C14H19FN2O3. The Morgan fingerprint density at radius 3 is 2.80 bits per heavy atom. The first-order valence-corrected chi connectivity index (χ1v) is 6.56. The maximum atomic E-state index is 13.3. The predicted octanol–water partition coefficient (Wildman–Crippen LogP) is 1.05. The van der Waals surface area contributed by atoms with Crippen LogP contribution >= 0.6 is 0 Å². The van der Waals surface area contributed by atoms with E-state index in [2.05, 4.69) is 0 Å². The highest BCUT2D eigenvalue weighted by Gasteiger charge is 2.25. The fraction of sp³-hybridized carbons (Fsp3) is 0.500. The van der Waals surface area contributed by atoms with Gasteiger partial charge in [-0.25, -0.2) is 4.39 Å². The summed E-state index contributed by atoms with van der Waals surface area (Å²) >= 11 is 0. The van der Waals surface area contributed by atoms with E-state index < -0.39 is 11.9 Å². The Morgan fingerprint density at radius 1 is 1.50 bits per heavy atom. The molecule has 1 saturated heterocycles. The van der Waals surface area contributed by atoms with Gasteiger partial charge in [-0.3, -0.25) is 9.69 Å². The summed E-state index contributed by atoms with van der Waals surface area (Å²) in [5, 5.41) is 0. The monoisotopic (exact) mass is 282 g/mol. The van der Waals surface area contributed by atoms with E-state index in [1.165, 1.54) is 12.1 Å². The Balaban J connectivity index is 2.01. The van der Waals surface area contributed by atoms with Gasteiger partial charge in [-0.1, -0.05) is 12.1 Å². The SMILES string of the molecule is CN(CCC1OCCO1)[C@@H](C(N)=O)c1cccc(F)c1. The van der Waals surface area contributed by atoms with Gasteiger partial charge in [-0.2, -0.15) is 0 Å². The number of primary amides is 1. The molecule has 1 atom stereocenters. The van der Waals surface area contributed by atoms with Crippen LogP contribution in [0.15, 0.2) is 24.3 Å². The van der Waals surface area contributed by atoms with Gasteiger partial charge >= 0.3 is 0 Å². The summed E-state index contributed by atoms with van der Waals surface area (Å²) in [6.07, 6.45) is 0.397. The van der Waals surface area contributed by atoms with E-state index in [1.807, 2.05) is 0 Å². The molecule has 0 aliphatic carbocycles. The second-order valence-corrected chi connectivity index (χ2v) is 4.80. The van der Waals surface area contributed by atoms with Crippen molar-refractivity contribution in [2.45, 2.75) is 18.8 Å². The molecule has 1 aliphatic rings. The fourth-order valence-corrected chi connectivity index (χ4v) is 2.32. The highest BCUT2D eigenvalue weighted by atomic mass is 19.1. The number of nitrogens with two attached hydrogens (primary N) is 1. The second-order valence-electron chi connectivity index (χ2n) is 4.80. The van der Waals surface area contributed by atoms with Crippen LogP contribution in [-0.4, -0.2) is 43.9 Å². The molecule has 2 N–H and O–H groups in total. The highest BCUT2D eigenvalue weighted by molar-refractivity contribution is 5.81. The zero-order valence-electron chi connectivity index (χ0n) is 11.4. The Bertz CT molecular complexity index is 463. The van der Waals surface area contributed by atoms with Crippen molar-refractivity contribution in [3.63, 3.8) is 0 Å². The average Bonchev–Trinajstić information content (AvgIpc) is 2.89. The number of likely N-dealkylation sites (N-methyl/N-ethyl adjacent to an activating group) is 1. The number of rotatable bonds is 6. The van der Waals surface area contributed by atoms with Gasteiger partial charge in [0.15, 0.2) is 6.29 Å². The van der Waals surface area contributed by atoms with Crippen LogP contribution in [0.1, 0.15) is 18.0 Å². The molecule has 0 aromatic heterocycles. The van der Waals surface area contributed by atoms with Gasteiger partial charge in [0.1, 0.15) is 11.9 Å². The maximum Gasteiger partial charge on any atom is 0.239 e. The number of hydrogen-bond donors (Lipinski definition) is 1. The molecule has 5 nitrogen and oxygen atoms in total. The first kappa shape index (κ1) is 14.9. The fourth-order valence-electron chi connectivity index (χ4n) is 2.32. The van der Waals surface area contributed by atoms with Crippen LogP contribution in [0.2, 0.25) is 0 Å². The van der Waals surface area contributed by atoms with Gasteiger partial charge in [0.25, 0.3) is 0 Å². The molecule has 1 aromatic rings. The van der Waals surface area contributed by atoms with Gasteiger partial charge in [-0.05, 0) is 24.7 Å². The van der Waals surface area contributed by atoms with Crippen LogP contribution < -0.4 is 5.73 Å². The molecule has 1 fully saturated rings. The smallest absolute Gasteiger partial charge is 0.239 e. The quantitative estimate of drug-likeness (QED) is 0.847. The van der Waals surface area contributed by atoms with E-state index in [9.17, 15) is 9.18 Å². The zero-order chi connectivity index (χ0) is 14.5. The van der Waals surface area contributed by atoms with Crippen LogP contribution in [0, 0.1) is 5.82 Å². The van der Waals surface area contributed by atoms with Gasteiger partial charge in [0.05, 0.1) is 13.2 Å². The minimum absolute atomic E-state index is 0.238. The van der Waals surface area contributed by atoms with E-state index in [4.69, 9.17) is 15.2 Å². The number of hydrogen-bond acceptors (Lipinski definition) is 4. The maximum absolute atomic E-state index is 13.3. The van der Waals surface area contributed by atoms with E-state index in [1.54, 1.807) is 24.1 Å². The van der Waals surface area contributed by atoms with Gasteiger partial charge in [0, 0.05) is 13.0 Å². The molecule has 1 aromatic carbocycles. The topological polar surface area (TPSA) is 64.8 Å². The number of halogens is 1. The summed E-state index contributed by atoms with van der Waals surface area (Å²) in [7, 11) is 1.77. The Morgan fingerprint density at radius 2 is 2.20 bits per heavy atom. The summed E-state index contributed by atoms with van der Waals surface area (Å²) in [6, 6.07) is 5.26. The van der Waals surface area contributed by atoms with E-state index in [0.717, 1.165) is 0 Å². The van der Waals surface area contributed by atoms with Gasteiger partial charge in [0.2, 0.25) is 5.91 Å². The molecule has 2 rings (SSSR count). The Labute approximate surface area is 117 Å². The predicted molar refractivity (Wildman–Crippen MR) is 71.3 cm³/mol. The normalized spacial score (nSPS) is 17.6. The largest absolute Gasteiger partial charge is 0.368 e. The van der Waals surface area contributed by atoms with Crippen molar-refractivity contribution in [3.05, 3.63) is 35.6 Å². The van der Waals surface area contributed by atoms with Gasteiger partial charge in [-0.15, -0.1) is 0 Å². The number of benzene rings is 1. The molecule has 0 radical (unpaired) electrons. The number of amides is 1. The lowest BCUT2D eigenvalue weighted by molar-refractivity contribution is -0.123. The lowest BCUT2D eigenvalue weighted by atomic mass is 10.0. The first-order chi connectivity index (χ1) is 9.58. The zero-order valence-corrected chi connectivity index (χ0v) is 11.4. The molecule has 20 heavy (non-hydrogen) atoms. The lowest BCUT2D eigenvalue weighted by Gasteiger charge is -2.26. The molecule has 1 heterocycles. The average molecular weight is 282 g/mol. The lowest BCUT2D eigenvalue weighted by Crippen LogP contribution is -2.37. The minimum atomic E-state index is -0.660. The minimum Gasteiger partial charge on any atom is -0.368 e. The molecule has 1 amide bonds.